The van der Waals surface area contributed by atoms with Crippen LogP contribution in [0, 0.1) is 0 Å². The van der Waals surface area contributed by atoms with Crippen LogP contribution in [0.4, 0.5) is 24.5 Å². The van der Waals surface area contributed by atoms with Gasteiger partial charge in [-0.2, -0.15) is 13.2 Å². The Hall–Kier alpha value is -5.18. The number of benzene rings is 4. The number of hydrogen-bond donors (Lipinski definition) is 5. The second-order valence-electron chi connectivity index (χ2n) is 11.7. The number of aliphatic hydroxyl groups excluding tert-OH is 1. The van der Waals surface area contributed by atoms with Crippen molar-refractivity contribution in [1.29, 1.82) is 0 Å². The first kappa shape index (κ1) is 38.6. The lowest BCUT2D eigenvalue weighted by molar-refractivity contribution is -0.137. The van der Waals surface area contributed by atoms with Gasteiger partial charge in [0.05, 0.1) is 40.9 Å². The quantitative estimate of drug-likeness (QED) is 0.0930. The average molecular weight is 725 g/mol. The average Bonchev–Trinajstić information content (AvgIpc) is 3.52. The molecule has 0 unspecified atom stereocenters. The molecule has 0 spiro atoms. The number of rotatable bonds is 13. The second kappa shape index (κ2) is 17.2. The van der Waals surface area contributed by atoms with Crippen molar-refractivity contribution in [2.24, 2.45) is 0 Å². The molecule has 51 heavy (non-hydrogen) atoms. The molecule has 4 aromatic carbocycles. The predicted molar refractivity (Wildman–Crippen MR) is 190 cm³/mol. The highest BCUT2D eigenvalue weighted by Crippen LogP contribution is 2.36. The first-order valence-electron chi connectivity index (χ1n) is 15.9. The van der Waals surface area contributed by atoms with E-state index in [1.165, 1.54) is 16.4 Å². The van der Waals surface area contributed by atoms with Crippen LogP contribution in [0.2, 0.25) is 0 Å². The van der Waals surface area contributed by atoms with Gasteiger partial charge in [0.15, 0.2) is 0 Å². The number of aliphatic hydroxyl groups is 1. The van der Waals surface area contributed by atoms with E-state index in [-0.39, 0.29) is 37.2 Å². The minimum atomic E-state index is -4.47. The Morgan fingerprint density at radius 3 is 2.20 bits per heavy atom. The van der Waals surface area contributed by atoms with Crippen LogP contribution in [0.1, 0.15) is 39.5 Å². The number of halogens is 3. The maximum atomic E-state index is 14.0. The van der Waals surface area contributed by atoms with E-state index < -0.39 is 39.8 Å². The molecule has 1 aromatic heterocycles. The Labute approximate surface area is 294 Å². The SMILES string of the molecule is CCc1c[nH]c2c(N(c3ccccc3)S(C)(=O)=O)cc(C(=O)N[C@@H](Cc3ccccc3)[C@H](O)CNCc3cccc(C(F)(F)F)c3)cc12.O=CO. The van der Waals surface area contributed by atoms with E-state index in [0.717, 1.165) is 29.5 Å². The highest BCUT2D eigenvalue weighted by atomic mass is 32.2. The lowest BCUT2D eigenvalue weighted by Gasteiger charge is -2.26. The molecule has 0 aliphatic heterocycles. The molecule has 0 saturated carbocycles. The van der Waals surface area contributed by atoms with Gasteiger partial charge in [-0.25, -0.2) is 12.7 Å². The number of hydrogen-bond acceptors (Lipinski definition) is 6. The highest BCUT2D eigenvalue weighted by molar-refractivity contribution is 7.92. The monoisotopic (exact) mass is 724 g/mol. The molecule has 2 atom stereocenters. The van der Waals surface area contributed by atoms with E-state index in [1.807, 2.05) is 37.3 Å². The number of aromatic nitrogens is 1. The first-order valence-corrected chi connectivity index (χ1v) is 17.8. The van der Waals surface area contributed by atoms with Crippen LogP contribution in [0.5, 0.6) is 0 Å². The van der Waals surface area contributed by atoms with Crippen molar-refractivity contribution in [2.75, 3.05) is 17.1 Å². The van der Waals surface area contributed by atoms with Gasteiger partial charge in [0.2, 0.25) is 10.0 Å². The van der Waals surface area contributed by atoms with Crippen LogP contribution in [0.3, 0.4) is 0 Å². The lowest BCUT2D eigenvalue weighted by atomic mass is 9.99. The number of anilines is 2. The number of nitrogens with one attached hydrogen (secondary N) is 3. The molecular formula is C37H39F3N4O6S. The summed E-state index contributed by atoms with van der Waals surface area (Å²) in [5.74, 6) is -0.527. The fourth-order valence-corrected chi connectivity index (χ4v) is 6.70. The van der Waals surface area contributed by atoms with Crippen LogP contribution in [0.25, 0.3) is 10.9 Å². The number of sulfonamides is 1. The Bertz CT molecular complexity index is 2020. The third-order valence-corrected chi connectivity index (χ3v) is 9.13. The van der Waals surface area contributed by atoms with Gasteiger partial charge in [0, 0.05) is 30.2 Å². The van der Waals surface area contributed by atoms with Gasteiger partial charge in [0.25, 0.3) is 12.4 Å². The summed E-state index contributed by atoms with van der Waals surface area (Å²) in [7, 11) is -3.85. The maximum Gasteiger partial charge on any atom is 0.416 e. The van der Waals surface area contributed by atoms with Gasteiger partial charge in [-0.15, -0.1) is 0 Å². The third-order valence-electron chi connectivity index (χ3n) is 8.05. The standard InChI is InChI=1S/C36H37F3N4O4S.CH2O2/c1-3-26-22-41-34-30(26)19-27(20-32(34)43(48(2,46)47)29-15-8-5-9-16-29)35(45)42-31(18-24-11-6-4-7-12-24)33(44)23-40-21-25-13-10-14-28(17-25)36(37,38)39;2-1-3/h4-17,19-20,22,31,33,40-41,44H,3,18,21,23H2,1-2H3,(H,42,45);1H,(H,2,3)/t31-,33+;/m0./s1. The fraction of sp³-hybridized carbons (Fsp3) is 0.243. The summed E-state index contributed by atoms with van der Waals surface area (Å²) in [6.45, 7) is 1.76. The minimum Gasteiger partial charge on any atom is -0.483 e. The molecule has 270 valence electrons. The molecule has 10 nitrogen and oxygen atoms in total. The molecule has 1 heterocycles. The molecule has 14 heteroatoms. The van der Waals surface area contributed by atoms with Crippen LogP contribution in [-0.2, 0) is 40.4 Å². The van der Waals surface area contributed by atoms with Crippen LogP contribution >= 0.6 is 0 Å². The van der Waals surface area contributed by atoms with Gasteiger partial charge in [0.1, 0.15) is 0 Å². The Balaban J connectivity index is 0.00000188. The molecule has 5 aromatic rings. The van der Waals surface area contributed by atoms with Crippen LogP contribution in [0.15, 0.2) is 103 Å². The molecule has 0 saturated heterocycles. The van der Waals surface area contributed by atoms with Crippen molar-refractivity contribution in [3.8, 4) is 0 Å². The number of amides is 1. The summed E-state index contributed by atoms with van der Waals surface area (Å²) in [4.78, 5) is 25.5. The number of fused-ring (bicyclic) bond motifs is 1. The largest absolute Gasteiger partial charge is 0.483 e. The number of carbonyl (C=O) groups excluding carboxylic acids is 1. The summed E-state index contributed by atoms with van der Waals surface area (Å²) in [6.07, 6.45) is -1.82. The summed E-state index contributed by atoms with van der Waals surface area (Å²) in [5.41, 5.74) is 2.79. The van der Waals surface area contributed by atoms with Crippen molar-refractivity contribution >= 4 is 44.7 Å². The molecule has 0 fully saturated rings. The van der Waals surface area contributed by atoms with E-state index in [0.29, 0.717) is 28.6 Å². The van der Waals surface area contributed by atoms with Crippen molar-refractivity contribution < 1.29 is 41.4 Å². The van der Waals surface area contributed by atoms with Gasteiger partial charge >= 0.3 is 6.18 Å². The first-order chi connectivity index (χ1) is 24.3. The number of H-pyrrole nitrogens is 1. The molecular weight excluding hydrogens is 685 g/mol. The number of carbonyl (C=O) groups is 2. The van der Waals surface area contributed by atoms with Crippen LogP contribution in [-0.4, -0.2) is 60.9 Å². The number of para-hydroxylation sites is 1. The smallest absolute Gasteiger partial charge is 0.416 e. The van der Waals surface area contributed by atoms with E-state index in [1.54, 1.807) is 48.7 Å². The summed E-state index contributed by atoms with van der Waals surface area (Å²) < 4.78 is 67.1. The minimum absolute atomic E-state index is 0.0219. The Morgan fingerprint density at radius 1 is 0.961 bits per heavy atom. The lowest BCUT2D eigenvalue weighted by Crippen LogP contribution is -2.48. The Morgan fingerprint density at radius 2 is 1.59 bits per heavy atom. The molecule has 0 aliphatic rings. The molecule has 0 aliphatic carbocycles. The molecule has 5 N–H and O–H groups in total. The second-order valence-corrected chi connectivity index (χ2v) is 13.6. The molecule has 5 rings (SSSR count). The molecule has 0 bridgehead atoms. The highest BCUT2D eigenvalue weighted by Gasteiger charge is 2.31. The van der Waals surface area contributed by atoms with E-state index in [4.69, 9.17) is 9.90 Å². The van der Waals surface area contributed by atoms with Gasteiger partial charge < -0.3 is 25.8 Å². The number of aromatic amines is 1. The van der Waals surface area contributed by atoms with Gasteiger partial charge in [-0.3, -0.25) is 9.59 Å². The topological polar surface area (TPSA) is 152 Å². The van der Waals surface area contributed by atoms with Gasteiger partial charge in [-0.1, -0.05) is 73.7 Å². The zero-order chi connectivity index (χ0) is 37.2. The van der Waals surface area contributed by atoms with E-state index >= 15 is 0 Å². The zero-order valence-electron chi connectivity index (χ0n) is 27.9. The van der Waals surface area contributed by atoms with E-state index in [9.17, 15) is 31.5 Å². The summed E-state index contributed by atoms with van der Waals surface area (Å²) in [6, 6.07) is 25.2. The third kappa shape index (κ3) is 10.2. The zero-order valence-corrected chi connectivity index (χ0v) is 28.7. The number of alkyl halides is 3. The fourth-order valence-electron chi connectivity index (χ4n) is 5.69. The molecule has 1 amide bonds. The number of carboxylic acid groups (broad SMARTS) is 1. The predicted octanol–water partition coefficient (Wildman–Crippen LogP) is 6.04. The molecule has 0 radical (unpaired) electrons. The maximum absolute atomic E-state index is 14.0. The Kier molecular flexibility index (Phi) is 13.0. The van der Waals surface area contributed by atoms with Crippen molar-refractivity contribution in [1.82, 2.24) is 15.6 Å². The van der Waals surface area contributed by atoms with Gasteiger partial charge in [-0.05, 0) is 59.9 Å². The summed E-state index contributed by atoms with van der Waals surface area (Å²) >= 11 is 0. The normalized spacial score (nSPS) is 12.7. The summed E-state index contributed by atoms with van der Waals surface area (Å²) in [5, 5.41) is 24.8. The van der Waals surface area contributed by atoms with Crippen molar-refractivity contribution in [2.45, 2.75) is 44.6 Å². The van der Waals surface area contributed by atoms with Crippen molar-refractivity contribution in [3.63, 3.8) is 0 Å². The van der Waals surface area contributed by atoms with Crippen molar-refractivity contribution in [3.05, 3.63) is 131 Å². The van der Waals surface area contributed by atoms with Crippen LogP contribution < -0.4 is 14.9 Å². The number of nitrogens with zero attached hydrogens (tertiary/aromatic N) is 1. The van der Waals surface area contributed by atoms with E-state index in [2.05, 4.69) is 15.6 Å². The number of aryl methyl sites for hydroxylation is 1.